The average molecular weight is 640 g/mol. The lowest BCUT2D eigenvalue weighted by molar-refractivity contribution is 0.417. The van der Waals surface area contributed by atoms with Crippen molar-refractivity contribution in [1.29, 1.82) is 0 Å². The fraction of sp³-hybridized carbons (Fsp3) is 0.0213. The van der Waals surface area contributed by atoms with Crippen molar-refractivity contribution >= 4 is 54.5 Å². The molecule has 0 spiro atoms. The number of para-hydroxylation sites is 1. The molecule has 0 bridgehead atoms. The van der Waals surface area contributed by atoms with Gasteiger partial charge >= 0.3 is 0 Å². The molecule has 10 aromatic rings. The quantitative estimate of drug-likeness (QED) is 0.192. The number of nitrogens with zero attached hydrogens (tertiary/aromatic N) is 1. The first kappa shape index (κ1) is 27.4. The number of benzene rings is 8. The second-order valence-electron chi connectivity index (χ2n) is 13.2. The van der Waals surface area contributed by atoms with Crippen molar-refractivity contribution in [2.75, 3.05) is 7.11 Å². The van der Waals surface area contributed by atoms with Gasteiger partial charge in [-0.25, -0.2) is 0 Å². The number of rotatable bonds is 4. The molecule has 0 aliphatic heterocycles. The summed E-state index contributed by atoms with van der Waals surface area (Å²) in [5.41, 5.74) is 15.0. The molecule has 0 N–H and O–H groups in total. The molecule has 0 saturated heterocycles. The Balaban J connectivity index is 1.13. The highest BCUT2D eigenvalue weighted by Gasteiger charge is 2.23. The first-order valence-corrected chi connectivity index (χ1v) is 17.0. The maximum Gasteiger partial charge on any atom is 0.135 e. The van der Waals surface area contributed by atoms with Crippen LogP contribution in [0.1, 0.15) is 0 Å². The van der Waals surface area contributed by atoms with Crippen LogP contribution in [0.3, 0.4) is 0 Å². The number of furan rings is 1. The van der Waals surface area contributed by atoms with Crippen molar-refractivity contribution in [3.63, 3.8) is 0 Å². The van der Waals surface area contributed by atoms with Crippen LogP contribution in [-0.2, 0) is 0 Å². The predicted octanol–water partition coefficient (Wildman–Crippen LogP) is 12.8. The Morgan fingerprint density at radius 1 is 0.440 bits per heavy atom. The van der Waals surface area contributed by atoms with Crippen LogP contribution in [0.4, 0.5) is 0 Å². The smallest absolute Gasteiger partial charge is 0.135 e. The van der Waals surface area contributed by atoms with Crippen LogP contribution in [0.2, 0.25) is 0 Å². The van der Waals surface area contributed by atoms with E-state index < -0.39 is 0 Å². The van der Waals surface area contributed by atoms with Crippen molar-refractivity contribution < 1.29 is 9.15 Å². The van der Waals surface area contributed by atoms with E-state index in [0.29, 0.717) is 0 Å². The van der Waals surface area contributed by atoms with Crippen LogP contribution < -0.4 is 4.74 Å². The van der Waals surface area contributed by atoms with E-state index >= 15 is 0 Å². The lowest BCUT2D eigenvalue weighted by atomic mass is 9.93. The zero-order valence-electron chi connectivity index (χ0n) is 27.3. The molecule has 8 aromatic carbocycles. The Morgan fingerprint density at radius 2 is 1.12 bits per heavy atom. The van der Waals surface area contributed by atoms with E-state index in [1.807, 2.05) is 0 Å². The van der Waals surface area contributed by atoms with Crippen molar-refractivity contribution in [2.45, 2.75) is 0 Å². The predicted molar refractivity (Wildman–Crippen MR) is 207 cm³/mol. The third-order valence-corrected chi connectivity index (χ3v) is 10.7. The SMILES string of the molecule is COc1ccc2c(c1-c1ccccc1)c1ccccc1n2-c1ccc2oc3ccc(-c4ccc5c6c(cccc46)-c4ccccc4-5)cc3c2c1. The minimum absolute atomic E-state index is 0.863. The molecule has 0 atom stereocenters. The van der Waals surface area contributed by atoms with E-state index in [1.54, 1.807) is 7.11 Å². The van der Waals surface area contributed by atoms with Gasteiger partial charge in [0.1, 0.15) is 16.9 Å². The van der Waals surface area contributed by atoms with Gasteiger partial charge in [0.2, 0.25) is 0 Å². The molecule has 0 saturated carbocycles. The summed E-state index contributed by atoms with van der Waals surface area (Å²) in [5.74, 6) is 0.863. The van der Waals surface area contributed by atoms with Crippen LogP contribution in [0.5, 0.6) is 5.75 Å². The summed E-state index contributed by atoms with van der Waals surface area (Å²) < 4.78 is 14.8. The summed E-state index contributed by atoms with van der Waals surface area (Å²) >= 11 is 0. The van der Waals surface area contributed by atoms with Gasteiger partial charge in [-0.2, -0.15) is 0 Å². The molecule has 234 valence electrons. The van der Waals surface area contributed by atoms with Gasteiger partial charge < -0.3 is 13.7 Å². The second-order valence-corrected chi connectivity index (χ2v) is 13.2. The Morgan fingerprint density at radius 3 is 1.96 bits per heavy atom. The molecule has 0 amide bonds. The molecule has 3 nitrogen and oxygen atoms in total. The molecule has 0 fully saturated rings. The molecule has 2 heterocycles. The van der Waals surface area contributed by atoms with E-state index in [2.05, 4.69) is 162 Å². The van der Waals surface area contributed by atoms with Gasteiger partial charge in [0.25, 0.3) is 0 Å². The van der Waals surface area contributed by atoms with E-state index in [9.17, 15) is 0 Å². The van der Waals surface area contributed by atoms with E-state index in [1.165, 1.54) is 54.9 Å². The fourth-order valence-corrected chi connectivity index (χ4v) is 8.51. The summed E-state index contributed by atoms with van der Waals surface area (Å²) in [6.45, 7) is 0. The number of hydrogen-bond acceptors (Lipinski definition) is 2. The average Bonchev–Trinajstić information content (AvgIpc) is 3.83. The fourth-order valence-electron chi connectivity index (χ4n) is 8.51. The Bertz CT molecular complexity index is 2990. The molecule has 0 unspecified atom stereocenters. The van der Waals surface area contributed by atoms with Gasteiger partial charge in [-0.15, -0.1) is 0 Å². The standard InChI is InChI=1S/C47H29NO2/c1-49-44-25-22-41-47(45(44)28-10-3-2-4-11-28)37-14-7-8-17-40(37)48(41)30-19-24-43-39(27-30)38-26-29(18-23-42(38)50-43)31-20-21-36-33-13-6-5-12-32(33)35-16-9-15-34(31)46(35)36/h2-27H,1H3. The van der Waals surface area contributed by atoms with E-state index in [-0.39, 0.29) is 0 Å². The number of methoxy groups -OCH3 is 1. The Kier molecular flexibility index (Phi) is 5.59. The molecular formula is C47H29NO2. The van der Waals surface area contributed by atoms with Crippen LogP contribution in [-0.4, -0.2) is 11.7 Å². The van der Waals surface area contributed by atoms with Gasteiger partial charge in [-0.1, -0.05) is 109 Å². The van der Waals surface area contributed by atoms with Gasteiger partial charge in [0.05, 0.1) is 18.1 Å². The minimum atomic E-state index is 0.863. The maximum absolute atomic E-state index is 6.45. The zero-order valence-corrected chi connectivity index (χ0v) is 27.3. The highest BCUT2D eigenvalue weighted by atomic mass is 16.5. The van der Waals surface area contributed by atoms with Gasteiger partial charge in [0.15, 0.2) is 0 Å². The van der Waals surface area contributed by atoms with Crippen LogP contribution in [0.25, 0.3) is 105 Å². The molecule has 11 rings (SSSR count). The molecular weight excluding hydrogens is 611 g/mol. The van der Waals surface area contributed by atoms with Crippen molar-refractivity contribution in [3.8, 4) is 55.9 Å². The largest absolute Gasteiger partial charge is 0.496 e. The summed E-state index contributed by atoms with van der Waals surface area (Å²) in [7, 11) is 1.75. The monoisotopic (exact) mass is 639 g/mol. The van der Waals surface area contributed by atoms with Crippen molar-refractivity contribution in [2.24, 2.45) is 0 Å². The number of hydrogen-bond donors (Lipinski definition) is 0. The molecule has 1 aliphatic rings. The highest BCUT2D eigenvalue weighted by Crippen LogP contribution is 2.50. The summed E-state index contributed by atoms with van der Waals surface area (Å²) in [6.07, 6.45) is 0. The molecule has 0 radical (unpaired) electrons. The first-order chi connectivity index (χ1) is 24.8. The molecule has 3 heteroatoms. The lowest BCUT2D eigenvalue weighted by Crippen LogP contribution is -1.94. The van der Waals surface area contributed by atoms with Crippen molar-refractivity contribution in [3.05, 3.63) is 158 Å². The molecule has 50 heavy (non-hydrogen) atoms. The highest BCUT2D eigenvalue weighted by molar-refractivity contribution is 6.20. The summed E-state index contributed by atoms with van der Waals surface area (Å²) in [6, 6.07) is 56.7. The topological polar surface area (TPSA) is 27.3 Å². The first-order valence-electron chi connectivity index (χ1n) is 17.0. The second kappa shape index (κ2) is 10.2. The number of ether oxygens (including phenoxy) is 1. The van der Waals surface area contributed by atoms with Crippen LogP contribution in [0.15, 0.2) is 162 Å². The zero-order chi connectivity index (χ0) is 32.9. The van der Waals surface area contributed by atoms with E-state index in [0.717, 1.165) is 55.5 Å². The van der Waals surface area contributed by atoms with Crippen LogP contribution >= 0.6 is 0 Å². The maximum atomic E-state index is 6.45. The minimum Gasteiger partial charge on any atom is -0.496 e. The van der Waals surface area contributed by atoms with Crippen LogP contribution in [0, 0.1) is 0 Å². The number of aromatic nitrogens is 1. The van der Waals surface area contributed by atoms with Crippen molar-refractivity contribution in [1.82, 2.24) is 4.57 Å². The summed E-state index contributed by atoms with van der Waals surface area (Å²) in [4.78, 5) is 0. The summed E-state index contributed by atoms with van der Waals surface area (Å²) in [5, 5.41) is 7.19. The molecule has 1 aliphatic carbocycles. The normalized spacial score (nSPS) is 12.1. The van der Waals surface area contributed by atoms with Gasteiger partial charge in [-0.3, -0.25) is 0 Å². The van der Waals surface area contributed by atoms with E-state index in [4.69, 9.17) is 9.15 Å². The Labute approximate surface area is 288 Å². The lowest BCUT2D eigenvalue weighted by Gasteiger charge is -2.12. The number of fused-ring (bicyclic) bond motifs is 9. The Hall–Kier alpha value is -6.58. The third-order valence-electron chi connectivity index (χ3n) is 10.7. The van der Waals surface area contributed by atoms with Gasteiger partial charge in [-0.05, 0) is 98.2 Å². The van der Waals surface area contributed by atoms with Gasteiger partial charge in [0, 0.05) is 32.8 Å². The third kappa shape index (κ3) is 3.69. The molecule has 2 aromatic heterocycles.